The molecule has 2 aliphatic carbocycles. The Bertz CT molecular complexity index is 1030. The van der Waals surface area contributed by atoms with Gasteiger partial charge in [0.15, 0.2) is 5.76 Å². The molecule has 0 fully saturated rings. The van der Waals surface area contributed by atoms with Crippen molar-refractivity contribution in [2.24, 2.45) is 0 Å². The molecular formula is C20H12ClNO3. The maximum Gasteiger partial charge on any atom is 0.259 e. The highest BCUT2D eigenvalue weighted by molar-refractivity contribution is 6.34. The molecule has 1 amide bonds. The molecule has 4 nitrogen and oxygen atoms in total. The largest absolute Gasteiger partial charge is 0.504 e. The SMILES string of the molecule is O=C(Nc1ccccc1Cl)C1=C(O)C(=O)C2=Cc3ccccc3C2=C1. The average Bonchev–Trinajstić information content (AvgIpc) is 2.99. The predicted octanol–water partition coefficient (Wildman–Crippen LogP) is 4.15. The summed E-state index contributed by atoms with van der Waals surface area (Å²) in [6.07, 6.45) is 3.27. The van der Waals surface area contributed by atoms with Crippen molar-refractivity contribution in [3.8, 4) is 0 Å². The van der Waals surface area contributed by atoms with Gasteiger partial charge in [-0.3, -0.25) is 9.59 Å². The summed E-state index contributed by atoms with van der Waals surface area (Å²) in [4.78, 5) is 25.1. The fourth-order valence-corrected chi connectivity index (χ4v) is 3.16. The molecule has 2 aromatic carbocycles. The quantitative estimate of drug-likeness (QED) is 0.855. The summed E-state index contributed by atoms with van der Waals surface area (Å²) in [6, 6.07) is 14.3. The van der Waals surface area contributed by atoms with Crippen molar-refractivity contribution < 1.29 is 14.7 Å². The number of anilines is 1. The van der Waals surface area contributed by atoms with Crippen LogP contribution in [0.25, 0.3) is 11.6 Å². The number of Topliss-reactive ketones (excluding diaryl/α,β-unsaturated/α-hetero) is 1. The first-order chi connectivity index (χ1) is 12.1. The normalized spacial score (nSPS) is 15.3. The van der Waals surface area contributed by atoms with Crippen LogP contribution in [0.4, 0.5) is 5.69 Å². The molecule has 0 unspecified atom stereocenters. The molecule has 0 aliphatic heterocycles. The van der Waals surface area contributed by atoms with Crippen LogP contribution in [-0.4, -0.2) is 16.8 Å². The third-order valence-electron chi connectivity index (χ3n) is 4.21. The second-order valence-electron chi connectivity index (χ2n) is 5.73. The Morgan fingerprint density at radius 2 is 1.68 bits per heavy atom. The van der Waals surface area contributed by atoms with Crippen LogP contribution < -0.4 is 5.32 Å². The summed E-state index contributed by atoms with van der Waals surface area (Å²) in [5, 5.41) is 13.2. The van der Waals surface area contributed by atoms with E-state index in [-0.39, 0.29) is 5.57 Å². The number of fused-ring (bicyclic) bond motifs is 3. The van der Waals surface area contributed by atoms with E-state index in [0.717, 1.165) is 11.1 Å². The summed E-state index contributed by atoms with van der Waals surface area (Å²) >= 11 is 6.04. The van der Waals surface area contributed by atoms with E-state index in [9.17, 15) is 14.7 Å². The summed E-state index contributed by atoms with van der Waals surface area (Å²) in [6.45, 7) is 0. The standard InChI is InChI=1S/C20H12ClNO3/c21-16-7-3-4-8-17(16)22-20(25)15-10-13-12-6-2-1-5-11(12)9-14(13)18(23)19(15)24/h1-10,24H,(H,22,25). The van der Waals surface area contributed by atoms with E-state index in [4.69, 9.17) is 11.6 Å². The van der Waals surface area contributed by atoms with E-state index in [0.29, 0.717) is 21.9 Å². The summed E-state index contributed by atoms with van der Waals surface area (Å²) in [7, 11) is 0. The number of allylic oxidation sites excluding steroid dienone is 2. The van der Waals surface area contributed by atoms with Crippen molar-refractivity contribution in [3.63, 3.8) is 0 Å². The molecule has 0 heterocycles. The van der Waals surface area contributed by atoms with E-state index < -0.39 is 17.4 Å². The van der Waals surface area contributed by atoms with Gasteiger partial charge in [0, 0.05) is 5.57 Å². The Morgan fingerprint density at radius 1 is 0.960 bits per heavy atom. The molecule has 122 valence electrons. The van der Waals surface area contributed by atoms with Crippen LogP contribution in [0.1, 0.15) is 11.1 Å². The van der Waals surface area contributed by atoms with Gasteiger partial charge in [-0.05, 0) is 41.0 Å². The second kappa shape index (κ2) is 5.76. The molecule has 0 saturated carbocycles. The van der Waals surface area contributed by atoms with Gasteiger partial charge in [-0.15, -0.1) is 0 Å². The van der Waals surface area contributed by atoms with Crippen LogP contribution in [0.3, 0.4) is 0 Å². The number of hydrogen-bond donors (Lipinski definition) is 2. The number of carbonyl (C=O) groups excluding carboxylic acids is 2. The monoisotopic (exact) mass is 349 g/mol. The fourth-order valence-electron chi connectivity index (χ4n) is 2.98. The van der Waals surface area contributed by atoms with Crippen LogP contribution in [0.15, 0.2) is 71.5 Å². The van der Waals surface area contributed by atoms with E-state index in [1.165, 1.54) is 0 Å². The maximum absolute atomic E-state index is 12.6. The molecule has 4 rings (SSSR count). The van der Waals surface area contributed by atoms with E-state index >= 15 is 0 Å². The molecule has 0 atom stereocenters. The smallest absolute Gasteiger partial charge is 0.259 e. The number of amides is 1. The first-order valence-corrected chi connectivity index (χ1v) is 8.01. The number of carbonyl (C=O) groups is 2. The maximum atomic E-state index is 12.6. The lowest BCUT2D eigenvalue weighted by molar-refractivity contribution is -0.116. The number of hydrogen-bond acceptors (Lipinski definition) is 3. The second-order valence-corrected chi connectivity index (χ2v) is 6.14. The number of rotatable bonds is 2. The number of benzene rings is 2. The molecule has 0 spiro atoms. The van der Waals surface area contributed by atoms with Gasteiger partial charge >= 0.3 is 0 Å². The Hall–Kier alpha value is -3.11. The van der Waals surface area contributed by atoms with Gasteiger partial charge in [-0.2, -0.15) is 0 Å². The molecule has 2 N–H and O–H groups in total. The van der Waals surface area contributed by atoms with Gasteiger partial charge in [-0.1, -0.05) is 48.0 Å². The Kier molecular flexibility index (Phi) is 3.55. The van der Waals surface area contributed by atoms with Gasteiger partial charge in [0.1, 0.15) is 0 Å². The van der Waals surface area contributed by atoms with Crippen molar-refractivity contribution in [3.05, 3.63) is 87.7 Å². The zero-order valence-electron chi connectivity index (χ0n) is 12.9. The molecule has 2 aliphatic rings. The third kappa shape index (κ3) is 2.47. The number of ketones is 1. The van der Waals surface area contributed by atoms with Gasteiger partial charge in [0.25, 0.3) is 5.91 Å². The Morgan fingerprint density at radius 3 is 2.48 bits per heavy atom. The van der Waals surface area contributed by atoms with Crippen molar-refractivity contribution in [2.75, 3.05) is 5.32 Å². The molecule has 5 heteroatoms. The lowest BCUT2D eigenvalue weighted by Crippen LogP contribution is -2.22. The lowest BCUT2D eigenvalue weighted by Gasteiger charge is -2.16. The van der Waals surface area contributed by atoms with Crippen LogP contribution in [0, 0.1) is 0 Å². The predicted molar refractivity (Wildman–Crippen MR) is 97.1 cm³/mol. The third-order valence-corrected chi connectivity index (χ3v) is 4.54. The van der Waals surface area contributed by atoms with E-state index in [1.807, 2.05) is 24.3 Å². The molecule has 2 aromatic rings. The topological polar surface area (TPSA) is 66.4 Å². The summed E-state index contributed by atoms with van der Waals surface area (Å²) in [5.41, 5.74) is 3.12. The highest BCUT2D eigenvalue weighted by atomic mass is 35.5. The van der Waals surface area contributed by atoms with Crippen molar-refractivity contribution in [1.82, 2.24) is 0 Å². The van der Waals surface area contributed by atoms with Crippen molar-refractivity contribution in [1.29, 1.82) is 0 Å². The van der Waals surface area contributed by atoms with Crippen LogP contribution in [0.5, 0.6) is 0 Å². The summed E-state index contributed by atoms with van der Waals surface area (Å²) < 4.78 is 0. The lowest BCUT2D eigenvalue weighted by atomic mass is 9.90. The van der Waals surface area contributed by atoms with E-state index in [2.05, 4.69) is 5.32 Å². The zero-order chi connectivity index (χ0) is 17.6. The minimum atomic E-state index is -0.588. The Labute approximate surface area is 148 Å². The molecule has 25 heavy (non-hydrogen) atoms. The van der Waals surface area contributed by atoms with Gasteiger partial charge in [0.2, 0.25) is 5.78 Å². The fraction of sp³-hybridized carbons (Fsp3) is 0. The minimum Gasteiger partial charge on any atom is -0.504 e. The molecule has 0 bridgehead atoms. The number of halogens is 1. The first kappa shape index (κ1) is 15.4. The highest BCUT2D eigenvalue weighted by Gasteiger charge is 2.33. The Balaban J connectivity index is 1.74. The van der Waals surface area contributed by atoms with Crippen molar-refractivity contribution in [2.45, 2.75) is 0 Å². The van der Waals surface area contributed by atoms with Crippen LogP contribution in [-0.2, 0) is 9.59 Å². The number of nitrogens with one attached hydrogen (secondary N) is 1. The number of aliphatic hydroxyl groups excluding tert-OH is 1. The van der Waals surface area contributed by atoms with Crippen LogP contribution >= 0.6 is 11.6 Å². The molecular weight excluding hydrogens is 338 g/mol. The number of aliphatic hydroxyl groups is 1. The van der Waals surface area contributed by atoms with Crippen molar-refractivity contribution >= 4 is 40.6 Å². The van der Waals surface area contributed by atoms with E-state index in [1.54, 1.807) is 36.4 Å². The highest BCUT2D eigenvalue weighted by Crippen LogP contribution is 2.40. The first-order valence-electron chi connectivity index (χ1n) is 7.63. The molecule has 0 radical (unpaired) electrons. The average molecular weight is 350 g/mol. The summed E-state index contributed by atoms with van der Waals surface area (Å²) in [5.74, 6) is -1.71. The number of para-hydroxylation sites is 1. The van der Waals surface area contributed by atoms with Gasteiger partial charge in [0.05, 0.1) is 16.3 Å². The molecule has 0 saturated heterocycles. The van der Waals surface area contributed by atoms with Gasteiger partial charge < -0.3 is 10.4 Å². The minimum absolute atomic E-state index is 0.0752. The van der Waals surface area contributed by atoms with Crippen LogP contribution in [0.2, 0.25) is 5.02 Å². The zero-order valence-corrected chi connectivity index (χ0v) is 13.7. The molecule has 0 aromatic heterocycles. The van der Waals surface area contributed by atoms with Gasteiger partial charge in [-0.25, -0.2) is 0 Å².